The van der Waals surface area contributed by atoms with Crippen LogP contribution in [-0.4, -0.2) is 0 Å². The quantitative estimate of drug-likeness (QED) is 0.476. The summed E-state index contributed by atoms with van der Waals surface area (Å²) in [4.78, 5) is 0. The molecule has 0 saturated heterocycles. The van der Waals surface area contributed by atoms with Crippen LogP contribution in [0.25, 0.3) is 0 Å². The summed E-state index contributed by atoms with van der Waals surface area (Å²) in [5.74, 6) is 0. The van der Waals surface area contributed by atoms with Gasteiger partial charge in [-0.1, -0.05) is 100 Å². The van der Waals surface area contributed by atoms with Crippen molar-refractivity contribution >= 4 is 0 Å². The molecular weight excluding hydrogens is 180 g/mol. The standard InChI is InChI=1S/C5H12.C3H6.C3H8.2C2H6/c1-3-5-4-2;1-2-3-1;1-3-2;2*1-2/h3-5H2,1-2H3;1-3H2;3H2,1-2H3;2*1-2H3. The Labute approximate surface area is 101 Å². The largest absolute Gasteiger partial charge is 0.0683 e. The van der Waals surface area contributed by atoms with Crippen LogP contribution in [0.2, 0.25) is 0 Å². The molecule has 0 aliphatic heterocycles. The van der Waals surface area contributed by atoms with Crippen LogP contribution < -0.4 is 0 Å². The van der Waals surface area contributed by atoms with Gasteiger partial charge in [0.2, 0.25) is 0 Å². The van der Waals surface area contributed by atoms with E-state index in [9.17, 15) is 0 Å². The molecule has 0 unspecified atom stereocenters. The molecule has 1 fully saturated rings. The first-order chi connectivity index (χ1) is 7.33. The summed E-state index contributed by atoms with van der Waals surface area (Å²) in [6.45, 7) is 16.7. The van der Waals surface area contributed by atoms with E-state index in [1.54, 1.807) is 0 Å². The number of hydrogen-bond acceptors (Lipinski definition) is 0. The van der Waals surface area contributed by atoms with E-state index >= 15 is 0 Å². The third-order valence-electron chi connectivity index (χ3n) is 1.06. The molecule has 0 amide bonds. The Morgan fingerprint density at radius 3 is 0.800 bits per heavy atom. The monoisotopic (exact) mass is 218 g/mol. The zero-order chi connectivity index (χ0) is 12.9. The van der Waals surface area contributed by atoms with Gasteiger partial charge < -0.3 is 0 Å². The lowest BCUT2D eigenvalue weighted by molar-refractivity contribution is 0.772. The molecule has 1 aliphatic carbocycles. The third kappa shape index (κ3) is 224. The van der Waals surface area contributed by atoms with Gasteiger partial charge in [0, 0.05) is 0 Å². The Bertz CT molecular complexity index is 32.5. The maximum Gasteiger partial charge on any atom is -0.0533 e. The van der Waals surface area contributed by atoms with Crippen molar-refractivity contribution in [3.8, 4) is 0 Å². The lowest BCUT2D eigenvalue weighted by atomic mass is 10.3. The molecule has 0 heteroatoms. The van der Waals surface area contributed by atoms with Crippen LogP contribution in [0.3, 0.4) is 0 Å². The van der Waals surface area contributed by atoms with Gasteiger partial charge in [0.1, 0.15) is 0 Å². The number of unbranched alkanes of at least 4 members (excludes halogenated alkanes) is 2. The van der Waals surface area contributed by atoms with E-state index in [0.29, 0.717) is 0 Å². The molecule has 0 radical (unpaired) electrons. The molecule has 1 rings (SSSR count). The summed E-state index contributed by atoms with van der Waals surface area (Å²) in [6, 6.07) is 0. The minimum Gasteiger partial charge on any atom is -0.0683 e. The fraction of sp³-hybridized carbons (Fsp3) is 1.00. The molecule has 0 spiro atoms. The van der Waals surface area contributed by atoms with Crippen molar-refractivity contribution < 1.29 is 0 Å². The Morgan fingerprint density at radius 2 is 0.800 bits per heavy atom. The highest BCUT2D eigenvalue weighted by molar-refractivity contribution is 4.50. The van der Waals surface area contributed by atoms with Crippen molar-refractivity contribution in [2.45, 2.75) is 100 Å². The molecule has 0 nitrogen and oxygen atoms in total. The van der Waals surface area contributed by atoms with Gasteiger partial charge in [0.25, 0.3) is 0 Å². The van der Waals surface area contributed by atoms with Crippen LogP contribution in [-0.2, 0) is 0 Å². The summed E-state index contributed by atoms with van der Waals surface area (Å²) in [7, 11) is 0. The summed E-state index contributed by atoms with van der Waals surface area (Å²) in [5, 5.41) is 0. The van der Waals surface area contributed by atoms with E-state index in [4.69, 9.17) is 0 Å². The van der Waals surface area contributed by atoms with Gasteiger partial charge >= 0.3 is 0 Å². The number of hydrogen-bond donors (Lipinski definition) is 0. The number of rotatable bonds is 2. The van der Waals surface area contributed by atoms with E-state index < -0.39 is 0 Å². The molecule has 0 atom stereocenters. The van der Waals surface area contributed by atoms with Gasteiger partial charge in [0.15, 0.2) is 0 Å². The molecule has 0 N–H and O–H groups in total. The molecule has 0 bridgehead atoms. The lowest BCUT2D eigenvalue weighted by Gasteiger charge is -1.79. The van der Waals surface area contributed by atoms with Gasteiger partial charge in [0.05, 0.1) is 0 Å². The van der Waals surface area contributed by atoms with E-state index in [1.165, 1.54) is 44.9 Å². The average Bonchev–Trinajstić information content (AvgIpc) is 3.13. The van der Waals surface area contributed by atoms with Crippen LogP contribution in [0.5, 0.6) is 0 Å². The van der Waals surface area contributed by atoms with Crippen LogP contribution in [0.15, 0.2) is 0 Å². The summed E-state index contributed by atoms with van der Waals surface area (Å²) in [6.07, 6.45) is 9.83. The SMILES string of the molecule is C1CC1.CC.CC.CCC.CCCCC. The highest BCUT2D eigenvalue weighted by Crippen LogP contribution is 2.14. The van der Waals surface area contributed by atoms with Gasteiger partial charge in [-0.3, -0.25) is 0 Å². The second kappa shape index (κ2) is 48.3. The second-order valence-electron chi connectivity index (χ2n) is 3.12. The van der Waals surface area contributed by atoms with Crippen molar-refractivity contribution in [1.29, 1.82) is 0 Å². The smallest absolute Gasteiger partial charge is 0.0533 e. The van der Waals surface area contributed by atoms with Crippen molar-refractivity contribution in [3.05, 3.63) is 0 Å². The van der Waals surface area contributed by atoms with Gasteiger partial charge in [-0.15, -0.1) is 0 Å². The van der Waals surface area contributed by atoms with Crippen molar-refractivity contribution in [2.24, 2.45) is 0 Å². The maximum absolute atomic E-state index is 2.21. The van der Waals surface area contributed by atoms with Crippen molar-refractivity contribution in [1.82, 2.24) is 0 Å². The fourth-order valence-electron chi connectivity index (χ4n) is 0.354. The molecule has 0 heterocycles. The van der Waals surface area contributed by atoms with Gasteiger partial charge in [-0.05, 0) is 0 Å². The Hall–Kier alpha value is 0. The van der Waals surface area contributed by atoms with Crippen molar-refractivity contribution in [2.75, 3.05) is 0 Å². The average molecular weight is 218 g/mol. The van der Waals surface area contributed by atoms with E-state index in [2.05, 4.69) is 27.7 Å². The molecule has 0 aromatic heterocycles. The van der Waals surface area contributed by atoms with Gasteiger partial charge in [-0.25, -0.2) is 0 Å². The summed E-state index contributed by atoms with van der Waals surface area (Å²) in [5.41, 5.74) is 0. The molecule has 98 valence electrons. The highest BCUT2D eigenvalue weighted by atomic mass is 14.0. The van der Waals surface area contributed by atoms with Crippen molar-refractivity contribution in [3.63, 3.8) is 0 Å². The lowest BCUT2D eigenvalue weighted by Crippen LogP contribution is -1.59. The van der Waals surface area contributed by atoms with E-state index in [0.717, 1.165) is 0 Å². The molecule has 0 aromatic rings. The zero-order valence-corrected chi connectivity index (χ0v) is 12.9. The Balaban J connectivity index is -0.0000000534. The van der Waals surface area contributed by atoms with Crippen LogP contribution in [0.4, 0.5) is 0 Å². The van der Waals surface area contributed by atoms with E-state index in [1.807, 2.05) is 27.7 Å². The summed E-state index contributed by atoms with van der Waals surface area (Å²) < 4.78 is 0. The summed E-state index contributed by atoms with van der Waals surface area (Å²) >= 11 is 0. The van der Waals surface area contributed by atoms with Crippen LogP contribution in [0, 0.1) is 0 Å². The zero-order valence-electron chi connectivity index (χ0n) is 12.9. The molecule has 1 aliphatic rings. The van der Waals surface area contributed by atoms with Gasteiger partial charge in [-0.2, -0.15) is 0 Å². The second-order valence-corrected chi connectivity index (χ2v) is 3.12. The van der Waals surface area contributed by atoms with Crippen LogP contribution in [0.1, 0.15) is 100 Å². The third-order valence-corrected chi connectivity index (χ3v) is 1.06. The van der Waals surface area contributed by atoms with Crippen LogP contribution >= 0.6 is 0 Å². The minimum atomic E-state index is 1.25. The maximum atomic E-state index is 2.21. The predicted molar refractivity (Wildman–Crippen MR) is 77.7 cm³/mol. The Kier molecular flexibility index (Phi) is 78.2. The Morgan fingerprint density at radius 1 is 0.600 bits per heavy atom. The first-order valence-electron chi connectivity index (χ1n) is 7.33. The normalized spacial score (nSPS) is 9.60. The predicted octanol–water partition coefficient (Wildman–Crippen LogP) is 6.84. The fourth-order valence-corrected chi connectivity index (χ4v) is 0.354. The first-order valence-corrected chi connectivity index (χ1v) is 7.33. The molecule has 0 aromatic carbocycles. The van der Waals surface area contributed by atoms with E-state index in [-0.39, 0.29) is 0 Å². The minimum absolute atomic E-state index is 1.25. The molecular formula is C15H38. The molecule has 15 heavy (non-hydrogen) atoms. The highest BCUT2D eigenvalue weighted by Gasteiger charge is 1.95. The molecule has 1 saturated carbocycles. The first kappa shape index (κ1) is 24.3. The topological polar surface area (TPSA) is 0 Å².